The lowest BCUT2D eigenvalue weighted by molar-refractivity contribution is 0.0697. The van der Waals surface area contributed by atoms with Gasteiger partial charge in [0, 0.05) is 52.3 Å². The number of nitrogens with one attached hydrogen (secondary N) is 2. The average molecular weight is 617 g/mol. The predicted molar refractivity (Wildman–Crippen MR) is 165 cm³/mol. The van der Waals surface area contributed by atoms with E-state index in [4.69, 9.17) is 38.2 Å². The van der Waals surface area contributed by atoms with Gasteiger partial charge in [0.15, 0.2) is 5.82 Å². The molecule has 220 valence electrons. The summed E-state index contributed by atoms with van der Waals surface area (Å²) >= 11 is 5.53. The van der Waals surface area contributed by atoms with Gasteiger partial charge in [0.25, 0.3) is 0 Å². The third-order valence-corrected chi connectivity index (χ3v) is 6.23. The van der Waals surface area contributed by atoms with E-state index in [0.29, 0.717) is 44.6 Å². The standard InChI is InChI=1S/C8H6N4.C8H5N3O.C8H5N3.C7H5ClO2/c9-3-5-4-11-8-6(5)1-2-7(10)12-8;9-4-6-5-10-8-7(6)2-1-3-11(8)12;9-4-6-5-11-8-7(6)2-1-3-10-8;8-6-3-1-2-5(4-6)7(9)10/h1-2,4H,(H3,10,11,12);1-3,5,12H;1-3,5H,(H,10,11);1-4H,(H,9,10). The number of aromatic carboxylic acids is 1. The molecule has 0 bridgehead atoms. The minimum atomic E-state index is -0.956. The molecule has 0 saturated heterocycles. The number of H-pyrrole nitrogens is 2. The number of aromatic amines is 2. The Bertz CT molecular complexity index is 2200. The third-order valence-electron chi connectivity index (χ3n) is 6.00. The molecule has 0 aliphatic carbocycles. The molecule has 14 heteroatoms. The predicted octanol–water partition coefficient (Wildman–Crippen LogP) is 5.59. The Morgan fingerprint density at radius 1 is 0.867 bits per heavy atom. The number of benzene rings is 1. The second-order valence-electron chi connectivity index (χ2n) is 8.85. The molecule has 7 rings (SSSR count). The van der Waals surface area contributed by atoms with Crippen LogP contribution < -0.4 is 5.73 Å². The fourth-order valence-corrected chi connectivity index (χ4v) is 4.09. The van der Waals surface area contributed by atoms with Crippen LogP contribution in [0.2, 0.25) is 5.02 Å². The van der Waals surface area contributed by atoms with Crippen molar-refractivity contribution in [3.8, 4) is 29.6 Å². The average Bonchev–Trinajstić information content (AvgIpc) is 3.78. The highest BCUT2D eigenvalue weighted by atomic mass is 35.5. The summed E-state index contributed by atoms with van der Waals surface area (Å²) < 4.78 is 0.899. The normalized spacial score (nSPS) is 9.73. The monoisotopic (exact) mass is 616 g/mol. The van der Waals surface area contributed by atoms with Gasteiger partial charge in [-0.2, -0.15) is 20.5 Å². The van der Waals surface area contributed by atoms with Gasteiger partial charge >= 0.3 is 5.97 Å². The number of nitrogen functional groups attached to an aromatic ring is 1. The topological polar surface area (TPSA) is 230 Å². The van der Waals surface area contributed by atoms with E-state index in [-0.39, 0.29) is 5.56 Å². The minimum absolute atomic E-state index is 0.215. The maximum absolute atomic E-state index is 10.3. The van der Waals surface area contributed by atoms with E-state index in [2.05, 4.69) is 37.1 Å². The number of nitrogens with two attached hydrogens (primary N) is 1. The lowest BCUT2D eigenvalue weighted by Gasteiger charge is -2.01. The van der Waals surface area contributed by atoms with Gasteiger partial charge in [-0.3, -0.25) is 0 Å². The molecule has 0 atom stereocenters. The largest absolute Gasteiger partial charge is 0.478 e. The highest BCUT2D eigenvalue weighted by Crippen LogP contribution is 2.22. The molecule has 5 aromatic rings. The second-order valence-corrected chi connectivity index (χ2v) is 9.29. The van der Waals surface area contributed by atoms with Crippen molar-refractivity contribution in [3.05, 3.63) is 119 Å². The molecule has 6 heterocycles. The van der Waals surface area contributed by atoms with Crippen LogP contribution in [0, 0.1) is 34.0 Å². The Balaban J connectivity index is 0.000000137. The van der Waals surface area contributed by atoms with Crippen molar-refractivity contribution in [1.29, 1.82) is 15.8 Å². The van der Waals surface area contributed by atoms with Crippen LogP contribution in [0.1, 0.15) is 27.0 Å². The van der Waals surface area contributed by atoms with E-state index in [1.54, 1.807) is 55.0 Å². The van der Waals surface area contributed by atoms with Crippen LogP contribution in [0.5, 0.6) is 0 Å². The van der Waals surface area contributed by atoms with Gasteiger partial charge in [-0.15, -0.1) is 0 Å². The molecular formula is C31H21ClN10O3. The van der Waals surface area contributed by atoms with Crippen LogP contribution in [-0.4, -0.2) is 45.9 Å². The van der Waals surface area contributed by atoms with Gasteiger partial charge in [0.1, 0.15) is 35.3 Å². The number of carboxylic acids is 1. The zero-order chi connectivity index (χ0) is 32.3. The molecule has 1 aromatic carbocycles. The summed E-state index contributed by atoms with van der Waals surface area (Å²) in [4.78, 5) is 28.0. The second kappa shape index (κ2) is 14.3. The Morgan fingerprint density at radius 2 is 1.56 bits per heavy atom. The number of pyridine rings is 3. The number of hydrogen-bond acceptors (Lipinski definition) is 9. The molecule has 2 aliphatic heterocycles. The first-order valence-electron chi connectivity index (χ1n) is 12.8. The van der Waals surface area contributed by atoms with Gasteiger partial charge in [0.05, 0.1) is 22.3 Å². The van der Waals surface area contributed by atoms with Crippen molar-refractivity contribution < 1.29 is 15.1 Å². The smallest absolute Gasteiger partial charge is 0.335 e. The maximum Gasteiger partial charge on any atom is 0.335 e. The molecule has 45 heavy (non-hydrogen) atoms. The summed E-state index contributed by atoms with van der Waals surface area (Å²) in [6.45, 7) is 0. The van der Waals surface area contributed by atoms with Crippen molar-refractivity contribution in [2.45, 2.75) is 0 Å². The molecule has 0 radical (unpaired) electrons. The van der Waals surface area contributed by atoms with Crippen LogP contribution in [0.15, 0.2) is 91.6 Å². The van der Waals surface area contributed by atoms with E-state index >= 15 is 0 Å². The van der Waals surface area contributed by atoms with Crippen molar-refractivity contribution in [3.63, 3.8) is 0 Å². The van der Waals surface area contributed by atoms with Gasteiger partial charge in [0.2, 0.25) is 0 Å². The zero-order valence-corrected chi connectivity index (χ0v) is 23.8. The fraction of sp³-hybridized carbons (Fsp3) is 0. The van der Waals surface area contributed by atoms with Gasteiger partial charge in [-0.25, -0.2) is 19.7 Å². The maximum atomic E-state index is 10.3. The Kier molecular flexibility index (Phi) is 9.90. The Morgan fingerprint density at radius 3 is 2.20 bits per heavy atom. The van der Waals surface area contributed by atoms with Crippen molar-refractivity contribution in [2.75, 3.05) is 5.73 Å². The summed E-state index contributed by atoms with van der Waals surface area (Å²) in [6.07, 6.45) is 7.89. The number of carboxylic acid groups (broad SMARTS) is 1. The number of rotatable bonds is 1. The molecule has 4 aromatic heterocycles. The SMILES string of the molecule is N#Cc1c[nH]c2nc(N)ccc12.N#Cc1c[nH]c2ncccc12.N#Cc1cnc2n(O)cccc1-2.O=C(O)c1cccc(Cl)c1. The first-order valence-corrected chi connectivity index (χ1v) is 13.1. The van der Waals surface area contributed by atoms with Gasteiger partial charge in [-0.1, -0.05) is 17.7 Å². The van der Waals surface area contributed by atoms with E-state index in [1.807, 2.05) is 18.2 Å². The Hall–Kier alpha value is -6.88. The van der Waals surface area contributed by atoms with Crippen LogP contribution in [0.4, 0.5) is 5.82 Å². The molecular weight excluding hydrogens is 596 g/mol. The summed E-state index contributed by atoms with van der Waals surface area (Å²) in [7, 11) is 0. The number of fused-ring (bicyclic) bond motifs is 3. The van der Waals surface area contributed by atoms with E-state index < -0.39 is 5.97 Å². The summed E-state index contributed by atoms with van der Waals surface area (Å²) in [6, 6.07) is 22.8. The molecule has 0 unspecified atom stereocenters. The number of halogens is 1. The fourth-order valence-electron chi connectivity index (χ4n) is 3.89. The third kappa shape index (κ3) is 7.50. The van der Waals surface area contributed by atoms with Gasteiger partial charge in [-0.05, 0) is 54.6 Å². The van der Waals surface area contributed by atoms with Gasteiger partial charge < -0.3 is 26.0 Å². The van der Waals surface area contributed by atoms with Crippen LogP contribution in [0.25, 0.3) is 33.5 Å². The number of carbonyl (C=O) groups is 1. The molecule has 6 N–H and O–H groups in total. The quantitative estimate of drug-likeness (QED) is 0.143. The molecule has 0 amide bonds. The first kappa shape index (κ1) is 31.1. The van der Waals surface area contributed by atoms with Crippen LogP contribution >= 0.6 is 11.6 Å². The highest BCUT2D eigenvalue weighted by Gasteiger charge is 2.12. The lowest BCUT2D eigenvalue weighted by Crippen LogP contribution is -1.96. The van der Waals surface area contributed by atoms with Crippen molar-refractivity contribution in [2.24, 2.45) is 0 Å². The molecule has 2 aliphatic rings. The number of aromatic nitrogens is 6. The number of hydrogen-bond donors (Lipinski definition) is 5. The van der Waals surface area contributed by atoms with Crippen molar-refractivity contribution >= 4 is 45.5 Å². The summed E-state index contributed by atoms with van der Waals surface area (Å²) in [5.74, 6) is -0.0922. The van der Waals surface area contributed by atoms with Crippen LogP contribution in [-0.2, 0) is 0 Å². The number of nitrogens with zero attached hydrogens (tertiary/aromatic N) is 7. The van der Waals surface area contributed by atoms with E-state index in [9.17, 15) is 10.0 Å². The Labute approximate surface area is 260 Å². The summed E-state index contributed by atoms with van der Waals surface area (Å²) in [5.41, 5.74) is 9.49. The van der Waals surface area contributed by atoms with E-state index in [1.165, 1.54) is 24.5 Å². The highest BCUT2D eigenvalue weighted by molar-refractivity contribution is 6.30. The number of anilines is 1. The lowest BCUT2D eigenvalue weighted by atomic mass is 10.2. The summed E-state index contributed by atoms with van der Waals surface area (Å²) in [5, 5.41) is 45.7. The first-order chi connectivity index (χ1) is 21.7. The number of nitriles is 3. The van der Waals surface area contributed by atoms with Crippen molar-refractivity contribution in [1.82, 2.24) is 29.7 Å². The minimum Gasteiger partial charge on any atom is -0.478 e. The molecule has 0 fully saturated rings. The molecule has 0 spiro atoms. The molecule has 13 nitrogen and oxygen atoms in total. The van der Waals surface area contributed by atoms with Crippen LogP contribution in [0.3, 0.4) is 0 Å². The van der Waals surface area contributed by atoms with E-state index in [0.717, 1.165) is 21.2 Å². The zero-order valence-electron chi connectivity index (χ0n) is 23.0. The molecule has 0 saturated carbocycles.